The number of benzene rings is 2. The van der Waals surface area contributed by atoms with Crippen molar-refractivity contribution in [1.82, 2.24) is 14.9 Å². The lowest BCUT2D eigenvalue weighted by atomic mass is 10.1. The zero-order valence-electron chi connectivity index (χ0n) is 15.3. The lowest BCUT2D eigenvalue weighted by molar-refractivity contribution is -0.384. The third kappa shape index (κ3) is 3.83. The van der Waals surface area contributed by atoms with Gasteiger partial charge in [-0.3, -0.25) is 19.5 Å². The molecule has 156 valence electrons. The SMILES string of the molecule is O=c1c2cc([N+](=O)[O-])ccc2nc([C@H]2CCCN2)n1-c1ccc(OC(F)(F)F)cc1. The van der Waals surface area contributed by atoms with Gasteiger partial charge >= 0.3 is 6.36 Å². The zero-order chi connectivity index (χ0) is 21.5. The maximum atomic E-state index is 13.3. The number of nitrogens with zero attached hydrogens (tertiary/aromatic N) is 3. The number of ether oxygens (including phenoxy) is 1. The van der Waals surface area contributed by atoms with E-state index in [0.29, 0.717) is 11.3 Å². The summed E-state index contributed by atoms with van der Waals surface area (Å²) in [6.45, 7) is 0.733. The molecule has 3 aromatic rings. The topological polar surface area (TPSA) is 99.3 Å². The molecule has 1 aliphatic heterocycles. The molecule has 1 saturated heterocycles. The Balaban J connectivity index is 1.89. The van der Waals surface area contributed by atoms with E-state index in [1.54, 1.807) is 0 Å². The molecule has 4 rings (SSSR count). The summed E-state index contributed by atoms with van der Waals surface area (Å²) in [5.41, 5.74) is -0.216. The van der Waals surface area contributed by atoms with Crippen LogP contribution in [0.5, 0.6) is 5.75 Å². The summed E-state index contributed by atoms with van der Waals surface area (Å²) >= 11 is 0. The monoisotopic (exact) mass is 420 g/mol. The number of non-ortho nitro benzene ring substituents is 1. The van der Waals surface area contributed by atoms with Gasteiger partial charge in [-0.15, -0.1) is 13.2 Å². The number of halogens is 3. The molecule has 11 heteroatoms. The molecule has 0 radical (unpaired) electrons. The van der Waals surface area contributed by atoms with Crippen LogP contribution in [0.25, 0.3) is 16.6 Å². The van der Waals surface area contributed by atoms with Crippen LogP contribution >= 0.6 is 0 Å². The Morgan fingerprint density at radius 3 is 2.53 bits per heavy atom. The Bertz CT molecular complexity index is 1170. The maximum Gasteiger partial charge on any atom is 0.573 e. The second kappa shape index (κ2) is 7.41. The number of hydrogen-bond donors (Lipinski definition) is 1. The summed E-state index contributed by atoms with van der Waals surface area (Å²) in [5.74, 6) is -0.0347. The molecule has 0 unspecified atom stereocenters. The van der Waals surface area contributed by atoms with Crippen LogP contribution in [-0.4, -0.2) is 27.4 Å². The van der Waals surface area contributed by atoms with E-state index in [-0.39, 0.29) is 22.8 Å². The Morgan fingerprint density at radius 1 is 1.20 bits per heavy atom. The van der Waals surface area contributed by atoms with Gasteiger partial charge < -0.3 is 10.1 Å². The van der Waals surface area contributed by atoms with Crippen molar-refractivity contribution in [3.63, 3.8) is 0 Å². The Hall–Kier alpha value is -3.47. The minimum absolute atomic E-state index is 0.0431. The van der Waals surface area contributed by atoms with Crippen LogP contribution in [0, 0.1) is 10.1 Å². The molecule has 1 fully saturated rings. The highest BCUT2D eigenvalue weighted by Gasteiger charge is 2.31. The van der Waals surface area contributed by atoms with Crippen LogP contribution in [0.3, 0.4) is 0 Å². The van der Waals surface area contributed by atoms with Gasteiger partial charge in [0.25, 0.3) is 11.2 Å². The second-order valence-electron chi connectivity index (χ2n) is 6.76. The van der Waals surface area contributed by atoms with Crippen molar-refractivity contribution in [2.24, 2.45) is 0 Å². The molecule has 0 bridgehead atoms. The third-order valence-electron chi connectivity index (χ3n) is 4.79. The first-order valence-electron chi connectivity index (χ1n) is 9.03. The number of fused-ring (bicyclic) bond motifs is 1. The minimum Gasteiger partial charge on any atom is -0.406 e. The first-order chi connectivity index (χ1) is 14.2. The smallest absolute Gasteiger partial charge is 0.406 e. The van der Waals surface area contributed by atoms with E-state index in [9.17, 15) is 28.1 Å². The third-order valence-corrected chi connectivity index (χ3v) is 4.79. The molecular formula is C19H15F3N4O4. The predicted octanol–water partition coefficient (Wildman–Crippen LogP) is 3.62. The van der Waals surface area contributed by atoms with Crippen molar-refractivity contribution in [3.8, 4) is 11.4 Å². The molecule has 0 aliphatic carbocycles. The molecule has 1 atom stereocenters. The quantitative estimate of drug-likeness (QED) is 0.511. The largest absolute Gasteiger partial charge is 0.573 e. The lowest BCUT2D eigenvalue weighted by Crippen LogP contribution is -2.28. The number of hydrogen-bond acceptors (Lipinski definition) is 6. The van der Waals surface area contributed by atoms with Crippen LogP contribution in [0.2, 0.25) is 0 Å². The maximum absolute atomic E-state index is 13.3. The highest BCUT2D eigenvalue weighted by Crippen LogP contribution is 2.28. The number of nitro groups is 1. The molecular weight excluding hydrogens is 405 g/mol. The number of rotatable bonds is 4. The van der Waals surface area contributed by atoms with Gasteiger partial charge in [0.15, 0.2) is 0 Å². The van der Waals surface area contributed by atoms with Crippen LogP contribution in [-0.2, 0) is 0 Å². The first-order valence-corrected chi connectivity index (χ1v) is 9.03. The molecule has 1 aromatic heterocycles. The molecule has 1 N–H and O–H groups in total. The van der Waals surface area contributed by atoms with Crippen molar-refractivity contribution in [2.45, 2.75) is 25.2 Å². The van der Waals surface area contributed by atoms with Crippen molar-refractivity contribution >= 4 is 16.6 Å². The van der Waals surface area contributed by atoms with Gasteiger partial charge in [0, 0.05) is 12.1 Å². The molecule has 0 spiro atoms. The van der Waals surface area contributed by atoms with Crippen LogP contribution in [0.1, 0.15) is 24.7 Å². The molecule has 2 aromatic carbocycles. The average molecular weight is 420 g/mol. The van der Waals surface area contributed by atoms with Gasteiger partial charge in [0.2, 0.25) is 0 Å². The number of nitro benzene ring substituents is 1. The van der Waals surface area contributed by atoms with Crippen LogP contribution < -0.4 is 15.6 Å². The molecule has 30 heavy (non-hydrogen) atoms. The Kier molecular flexibility index (Phi) is 4.90. The van der Waals surface area contributed by atoms with E-state index < -0.39 is 22.6 Å². The minimum atomic E-state index is -4.83. The molecule has 8 nitrogen and oxygen atoms in total. The van der Waals surface area contributed by atoms with Crippen molar-refractivity contribution in [1.29, 1.82) is 0 Å². The predicted molar refractivity (Wildman–Crippen MR) is 101 cm³/mol. The van der Waals surface area contributed by atoms with E-state index in [0.717, 1.165) is 37.6 Å². The summed E-state index contributed by atoms with van der Waals surface area (Å²) in [7, 11) is 0. The number of nitrogens with one attached hydrogen (secondary N) is 1. The normalized spacial score (nSPS) is 16.7. The summed E-state index contributed by atoms with van der Waals surface area (Å²) < 4.78 is 42.4. The standard InChI is InChI=1S/C19H15F3N4O4/c20-19(21,22)30-13-6-3-11(4-7-13)25-17(16-2-1-9-23-16)24-15-8-5-12(26(28)29)10-14(15)18(25)27/h3-8,10,16,23H,1-2,9H2/t16-/m1/s1. The highest BCUT2D eigenvalue weighted by molar-refractivity contribution is 5.80. The van der Waals surface area contributed by atoms with E-state index in [2.05, 4.69) is 15.0 Å². The summed E-state index contributed by atoms with van der Waals surface area (Å²) in [5, 5.41) is 14.4. The van der Waals surface area contributed by atoms with Gasteiger partial charge in [-0.2, -0.15) is 0 Å². The van der Waals surface area contributed by atoms with E-state index in [4.69, 9.17) is 0 Å². The van der Waals surface area contributed by atoms with Gasteiger partial charge in [0.05, 0.1) is 27.6 Å². The number of aromatic nitrogens is 2. The second-order valence-corrected chi connectivity index (χ2v) is 6.76. The van der Waals surface area contributed by atoms with Crippen LogP contribution in [0.15, 0.2) is 47.3 Å². The Morgan fingerprint density at radius 2 is 1.93 bits per heavy atom. The summed E-state index contributed by atoms with van der Waals surface area (Å²) in [6, 6.07) is 8.42. The zero-order valence-corrected chi connectivity index (χ0v) is 15.3. The van der Waals surface area contributed by atoms with Crippen LogP contribution in [0.4, 0.5) is 18.9 Å². The van der Waals surface area contributed by atoms with Gasteiger partial charge in [-0.25, -0.2) is 4.98 Å². The van der Waals surface area contributed by atoms with Gasteiger partial charge in [-0.05, 0) is 49.7 Å². The fraction of sp³-hybridized carbons (Fsp3) is 0.263. The van der Waals surface area contributed by atoms with E-state index in [1.165, 1.54) is 28.8 Å². The van der Waals surface area contributed by atoms with E-state index in [1.807, 2.05) is 0 Å². The Labute approximate surface area is 167 Å². The fourth-order valence-corrected chi connectivity index (χ4v) is 3.49. The molecule has 2 heterocycles. The molecule has 1 aliphatic rings. The lowest BCUT2D eigenvalue weighted by Gasteiger charge is -2.18. The molecule has 0 saturated carbocycles. The molecule has 0 amide bonds. The number of alkyl halides is 3. The van der Waals surface area contributed by atoms with Crippen molar-refractivity contribution in [3.05, 3.63) is 68.8 Å². The summed E-state index contributed by atoms with van der Waals surface area (Å²) in [6.07, 6.45) is -3.24. The van der Waals surface area contributed by atoms with Gasteiger partial charge in [0.1, 0.15) is 11.6 Å². The average Bonchev–Trinajstić information content (AvgIpc) is 3.22. The highest BCUT2D eigenvalue weighted by atomic mass is 19.4. The first kappa shape index (κ1) is 19.8. The summed E-state index contributed by atoms with van der Waals surface area (Å²) in [4.78, 5) is 28.3. The fourth-order valence-electron chi connectivity index (χ4n) is 3.49. The van der Waals surface area contributed by atoms with Crippen molar-refractivity contribution < 1.29 is 22.8 Å². The van der Waals surface area contributed by atoms with Crippen molar-refractivity contribution in [2.75, 3.05) is 6.54 Å². The van der Waals surface area contributed by atoms with E-state index >= 15 is 0 Å². The van der Waals surface area contributed by atoms with Gasteiger partial charge in [-0.1, -0.05) is 0 Å².